The van der Waals surface area contributed by atoms with E-state index in [1.165, 1.54) is 5.56 Å². The number of carbonyl (C=O) groups is 1. The minimum absolute atomic E-state index is 0.174. The number of pyridine rings is 1. The summed E-state index contributed by atoms with van der Waals surface area (Å²) < 4.78 is 6.16. The Morgan fingerprint density at radius 2 is 2.00 bits per heavy atom. The molecule has 27 heavy (non-hydrogen) atoms. The Morgan fingerprint density at radius 1 is 1.19 bits per heavy atom. The Morgan fingerprint density at radius 3 is 2.70 bits per heavy atom. The van der Waals surface area contributed by atoms with Crippen LogP contribution in [-0.4, -0.2) is 54.0 Å². The lowest BCUT2D eigenvalue weighted by atomic mass is 10.1. The molecule has 6 heteroatoms. The molecule has 0 radical (unpaired) electrons. The fourth-order valence-electron chi connectivity index (χ4n) is 3.65. The topological polar surface area (TPSA) is 45.7 Å². The van der Waals surface area contributed by atoms with Gasteiger partial charge < -0.3 is 9.64 Å². The Bertz CT molecular complexity index is 871. The third-order valence-corrected chi connectivity index (χ3v) is 5.66. The minimum atomic E-state index is 0.174. The average molecular weight is 428 g/mol. The zero-order chi connectivity index (χ0) is 18.8. The van der Waals surface area contributed by atoms with Gasteiger partial charge in [-0.3, -0.25) is 9.69 Å². The number of nitrogens with zero attached hydrogens (tertiary/aromatic N) is 3. The van der Waals surface area contributed by atoms with E-state index in [2.05, 4.69) is 37.9 Å². The number of fused-ring (bicyclic) bond motifs is 1. The third kappa shape index (κ3) is 4.06. The minimum Gasteiger partial charge on any atom is -0.481 e. The second-order valence-corrected chi connectivity index (χ2v) is 7.88. The van der Waals surface area contributed by atoms with Crippen LogP contribution in [0.15, 0.2) is 46.6 Å². The number of halogens is 1. The van der Waals surface area contributed by atoms with E-state index in [0.717, 1.165) is 60.3 Å². The quantitative estimate of drug-likeness (QED) is 0.751. The number of carbonyl (C=O) groups excluding carboxylic acids is 1. The molecule has 0 atom stereocenters. The highest BCUT2D eigenvalue weighted by Crippen LogP contribution is 2.29. The van der Waals surface area contributed by atoms with Crippen LogP contribution in [0, 0.1) is 0 Å². The van der Waals surface area contributed by atoms with Crippen molar-refractivity contribution in [3.05, 3.63) is 63.3 Å². The van der Waals surface area contributed by atoms with Gasteiger partial charge in [-0.05, 0) is 34.9 Å². The zero-order valence-corrected chi connectivity index (χ0v) is 16.9. The number of rotatable bonds is 4. The highest BCUT2D eigenvalue weighted by molar-refractivity contribution is 9.10. The molecule has 0 spiro atoms. The van der Waals surface area contributed by atoms with Gasteiger partial charge in [-0.15, -0.1) is 0 Å². The maximum atomic E-state index is 12.9. The molecular weight excluding hydrogens is 406 g/mol. The van der Waals surface area contributed by atoms with Crippen LogP contribution < -0.4 is 4.74 Å². The number of methoxy groups -OCH3 is 1. The van der Waals surface area contributed by atoms with E-state index >= 15 is 0 Å². The molecule has 1 aliphatic heterocycles. The maximum Gasteiger partial charge on any atom is 0.250 e. The number of aromatic nitrogens is 1. The lowest BCUT2D eigenvalue weighted by molar-refractivity contribution is -0.128. The third-order valence-electron chi connectivity index (χ3n) is 5.16. The average Bonchev–Trinajstić information content (AvgIpc) is 3.12. The fourth-order valence-corrected chi connectivity index (χ4v) is 4.05. The molecular formula is C21H22BrN3O2. The predicted molar refractivity (Wildman–Crippen MR) is 108 cm³/mol. The molecule has 1 saturated heterocycles. The number of hydrogen-bond acceptors (Lipinski definition) is 4. The summed E-state index contributed by atoms with van der Waals surface area (Å²) in [6.45, 7) is 4.13. The molecule has 1 aromatic heterocycles. The normalized spacial score (nSPS) is 16.8. The van der Waals surface area contributed by atoms with Crippen molar-refractivity contribution >= 4 is 27.9 Å². The van der Waals surface area contributed by atoms with Crippen molar-refractivity contribution in [2.24, 2.45) is 0 Å². The van der Waals surface area contributed by atoms with Crippen molar-refractivity contribution in [3.63, 3.8) is 0 Å². The molecule has 140 valence electrons. The first kappa shape index (κ1) is 18.2. The van der Waals surface area contributed by atoms with Gasteiger partial charge in [0.15, 0.2) is 0 Å². The molecule has 1 fully saturated rings. The molecule has 0 saturated carbocycles. The second-order valence-electron chi connectivity index (χ2n) is 6.97. The number of piperazine rings is 1. The van der Waals surface area contributed by atoms with Crippen molar-refractivity contribution in [1.29, 1.82) is 0 Å². The summed E-state index contributed by atoms with van der Waals surface area (Å²) in [4.78, 5) is 21.5. The zero-order valence-electron chi connectivity index (χ0n) is 15.3. The smallest absolute Gasteiger partial charge is 0.250 e. The van der Waals surface area contributed by atoms with E-state index in [-0.39, 0.29) is 5.91 Å². The summed E-state index contributed by atoms with van der Waals surface area (Å²) >= 11 is 3.50. The summed E-state index contributed by atoms with van der Waals surface area (Å²) in [6.07, 6.45) is 4.62. The maximum absolute atomic E-state index is 12.9. The Labute approximate surface area is 167 Å². The number of benzene rings is 1. The van der Waals surface area contributed by atoms with Crippen molar-refractivity contribution < 1.29 is 9.53 Å². The number of ether oxygens (including phenoxy) is 1. The van der Waals surface area contributed by atoms with E-state index in [0.29, 0.717) is 5.88 Å². The van der Waals surface area contributed by atoms with E-state index in [1.54, 1.807) is 7.11 Å². The first-order valence-corrected chi connectivity index (χ1v) is 9.91. The summed E-state index contributed by atoms with van der Waals surface area (Å²) in [5, 5.41) is 0. The van der Waals surface area contributed by atoms with E-state index in [4.69, 9.17) is 4.74 Å². The van der Waals surface area contributed by atoms with Gasteiger partial charge in [-0.25, -0.2) is 4.98 Å². The van der Waals surface area contributed by atoms with Crippen molar-refractivity contribution in [2.75, 3.05) is 33.3 Å². The molecule has 1 aromatic carbocycles. The molecule has 2 aromatic rings. The van der Waals surface area contributed by atoms with Gasteiger partial charge in [0.1, 0.15) is 0 Å². The summed E-state index contributed by atoms with van der Waals surface area (Å²) in [6, 6.07) is 10.1. The van der Waals surface area contributed by atoms with Gasteiger partial charge in [0.2, 0.25) is 11.8 Å². The highest BCUT2D eigenvalue weighted by atomic mass is 79.9. The molecule has 4 rings (SSSR count). The molecule has 5 nitrogen and oxygen atoms in total. The van der Waals surface area contributed by atoms with Crippen LogP contribution >= 0.6 is 15.9 Å². The molecule has 0 N–H and O–H groups in total. The second kappa shape index (κ2) is 7.82. The van der Waals surface area contributed by atoms with Crippen LogP contribution in [-0.2, 0) is 17.8 Å². The van der Waals surface area contributed by atoms with Crippen LogP contribution in [0.2, 0.25) is 0 Å². The van der Waals surface area contributed by atoms with E-state index in [9.17, 15) is 4.79 Å². The fraction of sp³-hybridized carbons (Fsp3) is 0.333. The van der Waals surface area contributed by atoms with Crippen LogP contribution in [0.5, 0.6) is 5.88 Å². The van der Waals surface area contributed by atoms with Crippen LogP contribution in [0.25, 0.3) is 6.08 Å². The molecule has 1 amide bonds. The molecule has 2 heterocycles. The molecule has 1 aliphatic carbocycles. The van der Waals surface area contributed by atoms with Crippen LogP contribution in [0.4, 0.5) is 0 Å². The van der Waals surface area contributed by atoms with Gasteiger partial charge >= 0.3 is 0 Å². The van der Waals surface area contributed by atoms with Gasteiger partial charge in [-0.2, -0.15) is 0 Å². The Kier molecular flexibility index (Phi) is 5.27. The predicted octanol–water partition coefficient (Wildman–Crippen LogP) is 3.14. The first-order valence-electron chi connectivity index (χ1n) is 9.12. The van der Waals surface area contributed by atoms with E-state index < -0.39 is 0 Å². The molecule has 0 unspecified atom stereocenters. The van der Waals surface area contributed by atoms with Gasteiger partial charge in [0.25, 0.3) is 0 Å². The van der Waals surface area contributed by atoms with Gasteiger partial charge in [-0.1, -0.05) is 28.1 Å². The number of amides is 1. The highest BCUT2D eigenvalue weighted by Gasteiger charge is 2.26. The lowest BCUT2D eigenvalue weighted by Crippen LogP contribution is -2.48. The summed E-state index contributed by atoms with van der Waals surface area (Å²) in [5.41, 5.74) is 4.44. The Hall–Kier alpha value is -2.18. The number of hydrogen-bond donors (Lipinski definition) is 0. The van der Waals surface area contributed by atoms with Crippen molar-refractivity contribution in [2.45, 2.75) is 13.0 Å². The standard InChI is InChI=1S/C21H22BrN3O2/c1-27-20-5-2-15(13-23-20)14-24-6-8-25(9-7-24)21(26)18-10-16-3-4-19(22)12-17(16)11-18/h2-5,10,12-13H,6-9,11,14H2,1H3. The van der Waals surface area contributed by atoms with Crippen molar-refractivity contribution in [3.8, 4) is 5.88 Å². The Balaban J connectivity index is 1.32. The lowest BCUT2D eigenvalue weighted by Gasteiger charge is -2.35. The summed E-state index contributed by atoms with van der Waals surface area (Å²) in [7, 11) is 1.62. The van der Waals surface area contributed by atoms with Crippen LogP contribution in [0.1, 0.15) is 16.7 Å². The van der Waals surface area contributed by atoms with Crippen molar-refractivity contribution in [1.82, 2.24) is 14.8 Å². The SMILES string of the molecule is COc1ccc(CN2CCN(C(=O)C3=Cc4ccc(Br)cc4C3)CC2)cn1. The largest absolute Gasteiger partial charge is 0.481 e. The van der Waals surface area contributed by atoms with Gasteiger partial charge in [0.05, 0.1) is 7.11 Å². The summed E-state index contributed by atoms with van der Waals surface area (Å²) in [5.74, 6) is 0.806. The first-order chi connectivity index (χ1) is 13.1. The van der Waals surface area contributed by atoms with Crippen LogP contribution in [0.3, 0.4) is 0 Å². The molecule has 2 aliphatic rings. The van der Waals surface area contributed by atoms with E-state index in [1.807, 2.05) is 35.4 Å². The van der Waals surface area contributed by atoms with Gasteiger partial charge in [0, 0.05) is 61.5 Å². The molecule has 0 bridgehead atoms. The monoisotopic (exact) mass is 427 g/mol.